The van der Waals surface area contributed by atoms with Crippen molar-refractivity contribution >= 4 is 16.0 Å². The molecule has 0 radical (unpaired) electrons. The van der Waals surface area contributed by atoms with Crippen molar-refractivity contribution < 1.29 is 22.7 Å². The maximum absolute atomic E-state index is 13.7. The Bertz CT molecular complexity index is 629. The zero-order valence-corrected chi connectivity index (χ0v) is 11.8. The number of halogens is 1. The highest BCUT2D eigenvalue weighted by Gasteiger charge is 2.28. The molecule has 2 atom stereocenters. The molecule has 0 saturated heterocycles. The molecule has 0 heterocycles. The Morgan fingerprint density at radius 3 is 2.65 bits per heavy atom. The highest BCUT2D eigenvalue weighted by Crippen LogP contribution is 2.26. The van der Waals surface area contributed by atoms with Gasteiger partial charge in [0.05, 0.1) is 5.56 Å². The van der Waals surface area contributed by atoms with Crippen LogP contribution in [0.1, 0.15) is 36.5 Å². The molecule has 0 aliphatic heterocycles. The summed E-state index contributed by atoms with van der Waals surface area (Å²) in [5.41, 5.74) is -0.258. The van der Waals surface area contributed by atoms with Gasteiger partial charge in [0, 0.05) is 6.04 Å². The van der Waals surface area contributed by atoms with Crippen molar-refractivity contribution in [1.82, 2.24) is 4.72 Å². The first kappa shape index (κ1) is 14.9. The molecule has 1 saturated carbocycles. The van der Waals surface area contributed by atoms with Crippen molar-refractivity contribution in [3.63, 3.8) is 0 Å². The molecule has 20 heavy (non-hydrogen) atoms. The molecule has 1 aliphatic carbocycles. The fourth-order valence-corrected chi connectivity index (χ4v) is 3.83. The van der Waals surface area contributed by atoms with E-state index in [1.54, 1.807) is 0 Å². The van der Waals surface area contributed by atoms with E-state index in [2.05, 4.69) is 4.72 Å². The summed E-state index contributed by atoms with van der Waals surface area (Å²) in [4.78, 5) is 10.2. The molecule has 0 amide bonds. The van der Waals surface area contributed by atoms with Crippen LogP contribution in [0.2, 0.25) is 0 Å². The van der Waals surface area contributed by atoms with Gasteiger partial charge in [-0.15, -0.1) is 0 Å². The van der Waals surface area contributed by atoms with Gasteiger partial charge in [-0.3, -0.25) is 0 Å². The summed E-state index contributed by atoms with van der Waals surface area (Å²) in [6.45, 7) is 2.03. The average Bonchev–Trinajstić information content (AvgIpc) is 2.73. The van der Waals surface area contributed by atoms with Gasteiger partial charge in [-0.2, -0.15) is 0 Å². The molecule has 1 aliphatic rings. The van der Waals surface area contributed by atoms with Crippen LogP contribution >= 0.6 is 0 Å². The quantitative estimate of drug-likeness (QED) is 0.891. The molecule has 2 N–H and O–H groups in total. The summed E-state index contributed by atoms with van der Waals surface area (Å²) in [5, 5.41) is 8.85. The summed E-state index contributed by atoms with van der Waals surface area (Å²) in [5.74, 6) is -1.82. The van der Waals surface area contributed by atoms with Crippen LogP contribution in [0.15, 0.2) is 23.1 Å². The summed E-state index contributed by atoms with van der Waals surface area (Å²) in [7, 11) is -4.04. The fraction of sp³-hybridized carbons (Fsp3) is 0.462. The first-order valence-electron chi connectivity index (χ1n) is 6.35. The van der Waals surface area contributed by atoms with E-state index >= 15 is 0 Å². The number of carboxylic acids is 1. The highest BCUT2D eigenvalue weighted by molar-refractivity contribution is 7.89. The van der Waals surface area contributed by atoms with Gasteiger partial charge in [0.2, 0.25) is 10.0 Å². The van der Waals surface area contributed by atoms with Crippen molar-refractivity contribution in [1.29, 1.82) is 0 Å². The van der Waals surface area contributed by atoms with Gasteiger partial charge >= 0.3 is 5.97 Å². The molecule has 1 aromatic carbocycles. The molecule has 7 heteroatoms. The van der Waals surface area contributed by atoms with Gasteiger partial charge in [0.1, 0.15) is 10.7 Å². The van der Waals surface area contributed by atoms with E-state index in [1.807, 2.05) is 6.92 Å². The minimum absolute atomic E-state index is 0.220. The fourth-order valence-electron chi connectivity index (χ4n) is 2.44. The van der Waals surface area contributed by atoms with Crippen molar-refractivity contribution in [2.45, 2.75) is 37.1 Å². The molecule has 110 valence electrons. The lowest BCUT2D eigenvalue weighted by atomic mass is 10.1. The average molecular weight is 301 g/mol. The van der Waals surface area contributed by atoms with Gasteiger partial charge in [0.15, 0.2) is 0 Å². The summed E-state index contributed by atoms with van der Waals surface area (Å²) in [6, 6.07) is 2.52. The molecule has 0 aromatic heterocycles. The van der Waals surface area contributed by atoms with E-state index in [0.29, 0.717) is 18.8 Å². The molecule has 1 aromatic rings. The van der Waals surface area contributed by atoms with Gasteiger partial charge in [0.25, 0.3) is 0 Å². The van der Waals surface area contributed by atoms with Crippen LogP contribution in [-0.2, 0) is 10.0 Å². The molecule has 0 bridgehead atoms. The monoisotopic (exact) mass is 301 g/mol. The number of nitrogens with one attached hydrogen (secondary N) is 1. The predicted octanol–water partition coefficient (Wildman–Crippen LogP) is 1.99. The number of aromatic carboxylic acids is 1. The Labute approximate surface area is 116 Å². The molecular weight excluding hydrogens is 285 g/mol. The normalized spacial score (nSPS) is 22.9. The maximum atomic E-state index is 13.7. The van der Waals surface area contributed by atoms with Crippen LogP contribution in [0, 0.1) is 11.7 Å². The molecule has 0 spiro atoms. The molecule has 5 nitrogen and oxygen atoms in total. The lowest BCUT2D eigenvalue weighted by Gasteiger charge is -2.13. The minimum Gasteiger partial charge on any atom is -0.478 e. The van der Waals surface area contributed by atoms with Gasteiger partial charge in [-0.1, -0.05) is 6.92 Å². The van der Waals surface area contributed by atoms with E-state index in [9.17, 15) is 17.6 Å². The first-order valence-corrected chi connectivity index (χ1v) is 7.83. The highest BCUT2D eigenvalue weighted by atomic mass is 32.2. The smallest absolute Gasteiger partial charge is 0.335 e. The number of sulfonamides is 1. The maximum Gasteiger partial charge on any atom is 0.335 e. The van der Waals surface area contributed by atoms with Crippen LogP contribution in [-0.4, -0.2) is 25.5 Å². The first-order chi connectivity index (χ1) is 9.29. The third-order valence-electron chi connectivity index (χ3n) is 3.48. The second-order valence-corrected chi connectivity index (χ2v) is 6.87. The van der Waals surface area contributed by atoms with E-state index in [4.69, 9.17) is 5.11 Å². The second-order valence-electron chi connectivity index (χ2n) is 5.19. The van der Waals surface area contributed by atoms with Crippen molar-refractivity contribution in [2.75, 3.05) is 0 Å². The largest absolute Gasteiger partial charge is 0.478 e. The van der Waals surface area contributed by atoms with Crippen LogP contribution in [0.5, 0.6) is 0 Å². The Hall–Kier alpha value is -1.47. The Balaban J connectivity index is 2.29. The lowest BCUT2D eigenvalue weighted by molar-refractivity contribution is 0.0696. The Morgan fingerprint density at radius 2 is 2.10 bits per heavy atom. The summed E-state index contributed by atoms with van der Waals surface area (Å²) < 4.78 is 40.4. The SMILES string of the molecule is CC1CCC(NS(=O)(=O)c2cc(C(=O)O)ccc2F)C1. The minimum atomic E-state index is -4.04. The third-order valence-corrected chi connectivity index (χ3v) is 5.02. The second kappa shape index (κ2) is 5.49. The molecule has 1 fully saturated rings. The number of benzene rings is 1. The van der Waals surface area contributed by atoms with Crippen LogP contribution in [0.3, 0.4) is 0 Å². The molecular formula is C13H16FNO4S. The van der Waals surface area contributed by atoms with E-state index < -0.39 is 26.7 Å². The Kier molecular flexibility index (Phi) is 4.10. The van der Waals surface area contributed by atoms with Gasteiger partial charge in [-0.05, 0) is 43.4 Å². The summed E-state index contributed by atoms with van der Waals surface area (Å²) in [6.07, 6.45) is 2.34. The standard InChI is InChI=1S/C13H16FNO4S/c1-8-2-4-10(6-8)15-20(18,19)12-7-9(13(16)17)3-5-11(12)14/h3,5,7-8,10,15H,2,4,6H2,1H3,(H,16,17). The third kappa shape index (κ3) is 3.16. The lowest BCUT2D eigenvalue weighted by Crippen LogP contribution is -2.33. The van der Waals surface area contributed by atoms with E-state index in [0.717, 1.165) is 24.6 Å². The van der Waals surface area contributed by atoms with E-state index in [1.165, 1.54) is 0 Å². The predicted molar refractivity (Wildman–Crippen MR) is 70.5 cm³/mol. The van der Waals surface area contributed by atoms with Crippen LogP contribution < -0.4 is 4.72 Å². The van der Waals surface area contributed by atoms with E-state index in [-0.39, 0.29) is 11.6 Å². The molecule has 2 unspecified atom stereocenters. The van der Waals surface area contributed by atoms with Crippen molar-refractivity contribution in [3.8, 4) is 0 Å². The number of hydrogen-bond acceptors (Lipinski definition) is 3. The van der Waals surface area contributed by atoms with Crippen molar-refractivity contribution in [3.05, 3.63) is 29.6 Å². The number of hydrogen-bond donors (Lipinski definition) is 2. The van der Waals surface area contributed by atoms with Crippen molar-refractivity contribution in [2.24, 2.45) is 5.92 Å². The van der Waals surface area contributed by atoms with Crippen LogP contribution in [0.4, 0.5) is 4.39 Å². The number of carbonyl (C=O) groups is 1. The zero-order valence-electron chi connectivity index (χ0n) is 11.0. The summed E-state index contributed by atoms with van der Waals surface area (Å²) >= 11 is 0. The Morgan fingerprint density at radius 1 is 1.40 bits per heavy atom. The number of carboxylic acid groups (broad SMARTS) is 1. The van der Waals surface area contributed by atoms with Gasteiger partial charge < -0.3 is 5.11 Å². The number of rotatable bonds is 4. The van der Waals surface area contributed by atoms with Crippen LogP contribution in [0.25, 0.3) is 0 Å². The van der Waals surface area contributed by atoms with Gasteiger partial charge in [-0.25, -0.2) is 22.3 Å². The zero-order chi connectivity index (χ0) is 14.9. The molecule has 2 rings (SSSR count). The topological polar surface area (TPSA) is 83.5 Å².